The van der Waals surface area contributed by atoms with Crippen molar-refractivity contribution >= 4 is 23.5 Å². The number of hydrogen-bond acceptors (Lipinski definition) is 5. The third-order valence-electron chi connectivity index (χ3n) is 6.65. The highest BCUT2D eigenvalue weighted by Crippen LogP contribution is 2.48. The summed E-state index contributed by atoms with van der Waals surface area (Å²) in [6, 6.07) is 3.80. The highest BCUT2D eigenvalue weighted by atomic mass is 16.7. The third-order valence-corrected chi connectivity index (χ3v) is 6.65. The molecular weight excluding hydrogens is 444 g/mol. The molecule has 0 atom stereocenters. The average Bonchev–Trinajstić information content (AvgIpc) is 2.74. The van der Waals surface area contributed by atoms with Crippen molar-refractivity contribution in [2.24, 2.45) is 5.41 Å². The summed E-state index contributed by atoms with van der Waals surface area (Å²) in [5.41, 5.74) is 3.23. The number of rotatable bonds is 2. The number of nitrogens with one attached hydrogen (secondary N) is 1. The van der Waals surface area contributed by atoms with Crippen LogP contribution < -0.4 is 5.32 Å². The number of carbonyl (C=O) groups is 3. The first-order chi connectivity index (χ1) is 16.4. The maximum absolute atomic E-state index is 13.7. The van der Waals surface area contributed by atoms with E-state index in [0.717, 1.165) is 22.3 Å². The molecule has 3 rings (SSSR count). The van der Waals surface area contributed by atoms with Gasteiger partial charge in [-0.1, -0.05) is 5.92 Å². The van der Waals surface area contributed by atoms with Crippen LogP contribution in [0.1, 0.15) is 75.6 Å². The second kappa shape index (κ2) is 10.2. The fourth-order valence-corrected chi connectivity index (χ4v) is 5.10. The topological polar surface area (TPSA) is 84.9 Å². The minimum Gasteiger partial charge on any atom is -0.437 e. The minimum absolute atomic E-state index is 0.0525. The summed E-state index contributed by atoms with van der Waals surface area (Å²) in [7, 11) is 1.25. The van der Waals surface area contributed by atoms with Gasteiger partial charge in [-0.05, 0) is 88.6 Å². The highest BCUT2D eigenvalue weighted by molar-refractivity contribution is 6.23. The first-order valence-corrected chi connectivity index (χ1v) is 12.0. The molecular formula is C28H36N2O5. The predicted molar refractivity (Wildman–Crippen MR) is 135 cm³/mol. The normalized spacial score (nSPS) is 17.6. The molecule has 35 heavy (non-hydrogen) atoms. The Morgan fingerprint density at radius 3 is 2.20 bits per heavy atom. The zero-order valence-electron chi connectivity index (χ0n) is 21.9. The maximum Gasteiger partial charge on any atom is 0.513 e. The number of ether oxygens (including phenoxy) is 2. The standard InChI is InChI=1S/C28H36N2O5/c1-8-9-20-14-18(2)23(19(3)15-20)24-21(31)16-28(17-22(24)35-26(33)34-7)10-12-30(13-11-28)25(32)29-27(4,5)6/h14-15H,10-13,16-17H2,1-7H3,(H,29,32). The summed E-state index contributed by atoms with van der Waals surface area (Å²) in [6.45, 7) is 12.6. The molecule has 7 heteroatoms. The quantitative estimate of drug-likeness (QED) is 0.469. The second-order valence-electron chi connectivity index (χ2n) is 10.7. The molecule has 0 bridgehead atoms. The summed E-state index contributed by atoms with van der Waals surface area (Å²) < 4.78 is 10.4. The Morgan fingerprint density at radius 2 is 1.69 bits per heavy atom. The molecule has 1 spiro atoms. The molecule has 1 fully saturated rings. The van der Waals surface area contributed by atoms with Crippen molar-refractivity contribution in [2.75, 3.05) is 20.2 Å². The number of allylic oxidation sites excluding steroid dienone is 2. The Hall–Kier alpha value is -3.27. The molecule has 0 unspecified atom stereocenters. The van der Waals surface area contributed by atoms with Gasteiger partial charge in [0.15, 0.2) is 5.78 Å². The number of Topliss-reactive ketones (excluding diaryl/α,β-unsaturated/α-hetero) is 1. The van der Waals surface area contributed by atoms with E-state index in [1.54, 1.807) is 11.8 Å². The molecule has 0 radical (unpaired) electrons. The van der Waals surface area contributed by atoms with Gasteiger partial charge >= 0.3 is 12.2 Å². The van der Waals surface area contributed by atoms with E-state index in [9.17, 15) is 14.4 Å². The van der Waals surface area contributed by atoms with Crippen molar-refractivity contribution in [1.29, 1.82) is 0 Å². The zero-order valence-corrected chi connectivity index (χ0v) is 21.9. The van der Waals surface area contributed by atoms with Crippen molar-refractivity contribution in [3.63, 3.8) is 0 Å². The van der Waals surface area contributed by atoms with Gasteiger partial charge in [-0.15, -0.1) is 5.92 Å². The van der Waals surface area contributed by atoms with Gasteiger partial charge in [-0.2, -0.15) is 0 Å². The van der Waals surface area contributed by atoms with E-state index in [4.69, 9.17) is 9.47 Å². The van der Waals surface area contributed by atoms with E-state index < -0.39 is 6.16 Å². The van der Waals surface area contributed by atoms with Crippen LogP contribution in [-0.4, -0.2) is 48.6 Å². The van der Waals surface area contributed by atoms with Gasteiger partial charge in [-0.3, -0.25) is 4.79 Å². The van der Waals surface area contributed by atoms with Crippen LogP contribution in [-0.2, 0) is 14.3 Å². The monoisotopic (exact) mass is 480 g/mol. The molecule has 2 aliphatic rings. The van der Waals surface area contributed by atoms with Crippen LogP contribution in [0.2, 0.25) is 0 Å². The van der Waals surface area contributed by atoms with E-state index in [0.29, 0.717) is 50.1 Å². The molecule has 7 nitrogen and oxygen atoms in total. The molecule has 1 heterocycles. The van der Waals surface area contributed by atoms with Gasteiger partial charge in [0.1, 0.15) is 5.76 Å². The number of piperidine rings is 1. The SMILES string of the molecule is CC#Cc1cc(C)c(C2=C(OC(=O)OC)CC3(CCN(C(=O)NC(C)(C)C)CC3)CC2=O)c(C)c1. The van der Waals surface area contributed by atoms with Gasteiger partial charge < -0.3 is 19.7 Å². The van der Waals surface area contributed by atoms with Crippen molar-refractivity contribution in [2.45, 2.75) is 72.8 Å². The highest BCUT2D eigenvalue weighted by Gasteiger charge is 2.45. The molecule has 0 aromatic heterocycles. The van der Waals surface area contributed by atoms with E-state index in [1.165, 1.54) is 7.11 Å². The number of nitrogens with zero attached hydrogens (tertiary/aromatic N) is 1. The summed E-state index contributed by atoms with van der Waals surface area (Å²) in [6.07, 6.45) is 1.25. The Labute approximate surface area is 208 Å². The largest absolute Gasteiger partial charge is 0.513 e. The summed E-state index contributed by atoms with van der Waals surface area (Å²) >= 11 is 0. The first-order valence-electron chi connectivity index (χ1n) is 12.0. The lowest BCUT2D eigenvalue weighted by Gasteiger charge is -2.44. The van der Waals surface area contributed by atoms with Gasteiger partial charge in [-0.25, -0.2) is 9.59 Å². The fraction of sp³-hybridized carbons (Fsp3) is 0.536. The molecule has 1 N–H and O–H groups in total. The minimum atomic E-state index is -0.840. The van der Waals surface area contributed by atoms with E-state index >= 15 is 0 Å². The van der Waals surface area contributed by atoms with Crippen molar-refractivity contribution < 1.29 is 23.9 Å². The third kappa shape index (κ3) is 6.05. The van der Waals surface area contributed by atoms with Crippen LogP contribution in [0.4, 0.5) is 9.59 Å². The number of amides is 2. The summed E-state index contributed by atoms with van der Waals surface area (Å²) in [5.74, 6) is 6.26. The lowest BCUT2D eigenvalue weighted by molar-refractivity contribution is -0.117. The fourth-order valence-electron chi connectivity index (χ4n) is 5.10. The average molecular weight is 481 g/mol. The maximum atomic E-state index is 13.7. The van der Waals surface area contributed by atoms with Gasteiger partial charge in [0.05, 0.1) is 12.7 Å². The van der Waals surface area contributed by atoms with Crippen LogP contribution in [0.5, 0.6) is 0 Å². The van der Waals surface area contributed by atoms with Crippen molar-refractivity contribution in [3.05, 3.63) is 40.1 Å². The number of hydrogen-bond donors (Lipinski definition) is 1. The van der Waals surface area contributed by atoms with Gasteiger partial charge in [0.25, 0.3) is 0 Å². The number of methoxy groups -OCH3 is 1. The summed E-state index contributed by atoms with van der Waals surface area (Å²) in [5, 5.41) is 3.00. The molecule has 1 saturated heterocycles. The first kappa shape index (κ1) is 26.3. The molecule has 2 amide bonds. The number of ketones is 1. The molecule has 0 saturated carbocycles. The van der Waals surface area contributed by atoms with Crippen LogP contribution in [0.25, 0.3) is 5.57 Å². The zero-order chi connectivity index (χ0) is 26.0. The smallest absolute Gasteiger partial charge is 0.437 e. The molecule has 188 valence electrons. The van der Waals surface area contributed by atoms with Crippen LogP contribution in [0.15, 0.2) is 17.9 Å². The van der Waals surface area contributed by atoms with Crippen LogP contribution in [0, 0.1) is 31.1 Å². The summed E-state index contributed by atoms with van der Waals surface area (Å²) in [4.78, 5) is 40.2. The molecule has 1 aromatic carbocycles. The Balaban J connectivity index is 1.95. The number of aryl methyl sites for hydroxylation is 2. The Morgan fingerprint density at radius 1 is 1.09 bits per heavy atom. The molecule has 1 aromatic rings. The Kier molecular flexibility index (Phi) is 7.64. The van der Waals surface area contributed by atoms with Crippen LogP contribution >= 0.6 is 0 Å². The van der Waals surface area contributed by atoms with Gasteiger partial charge in [0, 0.05) is 37.0 Å². The number of urea groups is 1. The van der Waals surface area contributed by atoms with E-state index in [2.05, 4.69) is 17.2 Å². The predicted octanol–water partition coefficient (Wildman–Crippen LogP) is 5.12. The van der Waals surface area contributed by atoms with E-state index in [1.807, 2.05) is 46.8 Å². The second-order valence-corrected chi connectivity index (χ2v) is 10.7. The number of carbonyl (C=O) groups excluding carboxylic acids is 3. The van der Waals surface area contributed by atoms with Crippen molar-refractivity contribution in [3.8, 4) is 11.8 Å². The Bertz CT molecular complexity index is 1100. The number of likely N-dealkylation sites (tertiary alicyclic amines) is 1. The van der Waals surface area contributed by atoms with Crippen molar-refractivity contribution in [1.82, 2.24) is 10.2 Å². The molecule has 1 aliphatic heterocycles. The van der Waals surface area contributed by atoms with Crippen LogP contribution in [0.3, 0.4) is 0 Å². The van der Waals surface area contributed by atoms with E-state index in [-0.39, 0.29) is 22.8 Å². The molecule has 1 aliphatic carbocycles. The van der Waals surface area contributed by atoms with Gasteiger partial charge in [0.2, 0.25) is 0 Å². The lowest BCUT2D eigenvalue weighted by atomic mass is 9.66. The number of benzene rings is 1. The lowest BCUT2D eigenvalue weighted by Crippen LogP contribution is -2.52.